The summed E-state index contributed by atoms with van der Waals surface area (Å²) >= 11 is 0. The molecule has 6 heteroatoms. The lowest BCUT2D eigenvalue weighted by Crippen LogP contribution is -2.25. The van der Waals surface area contributed by atoms with E-state index in [4.69, 9.17) is 9.84 Å². The minimum atomic E-state index is -0.183. The Morgan fingerprint density at radius 3 is 2.37 bits per heavy atom. The summed E-state index contributed by atoms with van der Waals surface area (Å²) in [5.74, 6) is 2.47. The molecule has 6 nitrogen and oxygen atoms in total. The largest absolute Gasteiger partial charge is 0.467 e. The highest BCUT2D eigenvalue weighted by Crippen LogP contribution is 2.53. The molecule has 3 heterocycles. The predicted octanol–water partition coefficient (Wildman–Crippen LogP) is 5.08. The fraction of sp³-hybridized carbons (Fsp3) is 0.333. The summed E-state index contributed by atoms with van der Waals surface area (Å²) < 4.78 is 8.35. The zero-order valence-corrected chi connectivity index (χ0v) is 16.9. The SMILES string of the molecule is CC(Oc1nn2c(-c3ccccc3)nnc2c2c1C1CCC2CC1)c1ccccn1. The first-order chi connectivity index (χ1) is 14.8. The minimum Gasteiger partial charge on any atom is -0.467 e. The number of hydrogen-bond donors (Lipinski definition) is 0. The maximum atomic E-state index is 6.47. The van der Waals surface area contributed by atoms with Crippen molar-refractivity contribution in [3.63, 3.8) is 0 Å². The highest BCUT2D eigenvalue weighted by Gasteiger charge is 2.39. The standard InChI is InChI=1S/C24H23N5O/c1-15(19-9-5-6-14-25-19)30-24-21-17-12-10-16(11-13-17)20(21)23-27-26-22(29(23)28-24)18-7-3-2-4-8-18/h2-9,14-17H,10-13H2,1H3. The monoisotopic (exact) mass is 397 g/mol. The number of benzene rings is 1. The molecule has 7 rings (SSSR count). The first-order valence-corrected chi connectivity index (χ1v) is 10.7. The van der Waals surface area contributed by atoms with Crippen molar-refractivity contribution >= 4 is 5.65 Å². The van der Waals surface area contributed by atoms with Crippen molar-refractivity contribution in [1.82, 2.24) is 24.8 Å². The fourth-order valence-electron chi connectivity index (χ4n) is 5.09. The van der Waals surface area contributed by atoms with Gasteiger partial charge in [-0.2, -0.15) is 4.52 Å². The van der Waals surface area contributed by atoms with Crippen LogP contribution in [0, 0.1) is 0 Å². The number of nitrogens with zero attached hydrogens (tertiary/aromatic N) is 5. The molecule has 0 aliphatic heterocycles. The van der Waals surface area contributed by atoms with Crippen LogP contribution < -0.4 is 4.74 Å². The van der Waals surface area contributed by atoms with Gasteiger partial charge in [0.1, 0.15) is 6.10 Å². The predicted molar refractivity (Wildman–Crippen MR) is 113 cm³/mol. The van der Waals surface area contributed by atoms with Crippen molar-refractivity contribution in [2.45, 2.75) is 50.5 Å². The molecular formula is C24H23N5O. The molecule has 0 N–H and O–H groups in total. The maximum Gasteiger partial charge on any atom is 0.236 e. The van der Waals surface area contributed by atoms with E-state index < -0.39 is 0 Å². The maximum absolute atomic E-state index is 6.47. The molecular weight excluding hydrogens is 374 g/mol. The zero-order chi connectivity index (χ0) is 20.1. The number of pyridine rings is 1. The van der Waals surface area contributed by atoms with Gasteiger partial charge in [-0.1, -0.05) is 36.4 Å². The van der Waals surface area contributed by atoms with Crippen molar-refractivity contribution in [3.05, 3.63) is 71.5 Å². The van der Waals surface area contributed by atoms with Crippen LogP contribution in [-0.4, -0.2) is 24.8 Å². The van der Waals surface area contributed by atoms with Gasteiger partial charge >= 0.3 is 0 Å². The third-order valence-electron chi connectivity index (χ3n) is 6.56. The van der Waals surface area contributed by atoms with Gasteiger partial charge in [0.05, 0.1) is 5.69 Å². The summed E-state index contributed by atoms with van der Waals surface area (Å²) in [5, 5.41) is 14.1. The van der Waals surface area contributed by atoms with Crippen LogP contribution in [0.2, 0.25) is 0 Å². The van der Waals surface area contributed by atoms with Crippen molar-refractivity contribution in [2.24, 2.45) is 0 Å². The highest BCUT2D eigenvalue weighted by molar-refractivity contribution is 5.65. The van der Waals surface area contributed by atoms with Gasteiger partial charge < -0.3 is 4.74 Å². The number of hydrogen-bond acceptors (Lipinski definition) is 5. The molecule has 1 saturated carbocycles. The number of ether oxygens (including phenoxy) is 1. The number of fused-ring (bicyclic) bond motifs is 3. The van der Waals surface area contributed by atoms with Crippen LogP contribution in [0.3, 0.4) is 0 Å². The van der Waals surface area contributed by atoms with Gasteiger partial charge in [-0.25, -0.2) is 0 Å². The summed E-state index contributed by atoms with van der Waals surface area (Å²) in [5.41, 5.74) is 5.34. The molecule has 1 unspecified atom stereocenters. The first-order valence-electron chi connectivity index (χ1n) is 10.7. The van der Waals surface area contributed by atoms with Crippen LogP contribution in [0.4, 0.5) is 0 Å². The van der Waals surface area contributed by atoms with Gasteiger partial charge in [-0.15, -0.1) is 15.3 Å². The summed E-state index contributed by atoms with van der Waals surface area (Å²) in [6.45, 7) is 2.03. The Morgan fingerprint density at radius 1 is 0.900 bits per heavy atom. The van der Waals surface area contributed by atoms with Crippen molar-refractivity contribution in [1.29, 1.82) is 0 Å². The number of rotatable bonds is 4. The van der Waals surface area contributed by atoms with E-state index in [-0.39, 0.29) is 6.10 Å². The lowest BCUT2D eigenvalue weighted by atomic mass is 9.67. The second kappa shape index (κ2) is 6.90. The Morgan fingerprint density at radius 2 is 1.63 bits per heavy atom. The molecule has 1 aromatic carbocycles. The van der Waals surface area contributed by atoms with E-state index >= 15 is 0 Å². The summed E-state index contributed by atoms with van der Waals surface area (Å²) in [7, 11) is 0. The van der Waals surface area contributed by atoms with Crippen LogP contribution in [0.1, 0.15) is 67.4 Å². The first kappa shape index (κ1) is 17.6. The Bertz CT molecular complexity index is 1200. The van der Waals surface area contributed by atoms with Gasteiger partial charge in [-0.05, 0) is 56.6 Å². The Labute approximate surface area is 175 Å². The van der Waals surface area contributed by atoms with Crippen LogP contribution in [0.5, 0.6) is 5.88 Å². The molecule has 0 radical (unpaired) electrons. The average molecular weight is 397 g/mol. The Kier molecular flexibility index (Phi) is 4.04. The molecule has 30 heavy (non-hydrogen) atoms. The molecule has 1 fully saturated rings. The van der Waals surface area contributed by atoms with E-state index in [0.717, 1.165) is 22.7 Å². The average Bonchev–Trinajstić information content (AvgIpc) is 3.25. The summed E-state index contributed by atoms with van der Waals surface area (Å²) in [6.07, 6.45) is 6.43. The molecule has 3 aliphatic carbocycles. The molecule has 0 amide bonds. The van der Waals surface area contributed by atoms with Crippen molar-refractivity contribution < 1.29 is 4.74 Å². The van der Waals surface area contributed by atoms with Crippen LogP contribution in [-0.2, 0) is 0 Å². The Balaban J connectivity index is 1.54. The fourth-order valence-corrected chi connectivity index (χ4v) is 5.09. The summed E-state index contributed by atoms with van der Waals surface area (Å²) in [6, 6.07) is 16.0. The molecule has 4 aromatic rings. The van der Waals surface area contributed by atoms with E-state index in [1.807, 2.05) is 60.0 Å². The van der Waals surface area contributed by atoms with Gasteiger partial charge in [0.25, 0.3) is 0 Å². The van der Waals surface area contributed by atoms with Crippen molar-refractivity contribution in [3.8, 4) is 17.3 Å². The highest BCUT2D eigenvalue weighted by atomic mass is 16.5. The van der Waals surface area contributed by atoms with E-state index in [1.165, 1.54) is 36.8 Å². The van der Waals surface area contributed by atoms with Gasteiger partial charge in [0, 0.05) is 22.9 Å². The lowest BCUT2D eigenvalue weighted by Gasteiger charge is -2.38. The molecule has 1 atom stereocenters. The molecule has 0 saturated heterocycles. The normalized spacial score (nSPS) is 20.8. The van der Waals surface area contributed by atoms with Crippen LogP contribution in [0.15, 0.2) is 54.7 Å². The topological polar surface area (TPSA) is 65.2 Å². The van der Waals surface area contributed by atoms with E-state index in [1.54, 1.807) is 6.20 Å². The summed E-state index contributed by atoms with van der Waals surface area (Å²) in [4.78, 5) is 4.47. The minimum absolute atomic E-state index is 0.183. The molecule has 3 aromatic heterocycles. The van der Waals surface area contributed by atoms with Crippen LogP contribution >= 0.6 is 0 Å². The third kappa shape index (κ3) is 2.70. The molecule has 2 bridgehead atoms. The molecule has 150 valence electrons. The van der Waals surface area contributed by atoms with Crippen LogP contribution in [0.25, 0.3) is 17.0 Å². The third-order valence-corrected chi connectivity index (χ3v) is 6.56. The smallest absolute Gasteiger partial charge is 0.236 e. The second-order valence-corrected chi connectivity index (χ2v) is 8.32. The zero-order valence-electron chi connectivity index (χ0n) is 16.9. The van der Waals surface area contributed by atoms with Crippen molar-refractivity contribution in [2.75, 3.05) is 0 Å². The number of aromatic nitrogens is 5. The van der Waals surface area contributed by atoms with E-state index in [0.29, 0.717) is 17.7 Å². The van der Waals surface area contributed by atoms with E-state index in [9.17, 15) is 0 Å². The molecule has 3 aliphatic rings. The van der Waals surface area contributed by atoms with Gasteiger partial charge in [0.2, 0.25) is 5.88 Å². The quantitative estimate of drug-likeness (QED) is 0.480. The molecule has 0 spiro atoms. The van der Waals surface area contributed by atoms with Gasteiger partial charge in [-0.3, -0.25) is 4.98 Å². The van der Waals surface area contributed by atoms with Gasteiger partial charge in [0.15, 0.2) is 11.5 Å². The second-order valence-electron chi connectivity index (χ2n) is 8.32. The lowest BCUT2D eigenvalue weighted by molar-refractivity contribution is 0.200. The Hall–Kier alpha value is -3.28. The van der Waals surface area contributed by atoms with E-state index in [2.05, 4.69) is 15.2 Å².